The highest BCUT2D eigenvalue weighted by atomic mass is 28.4. The van der Waals surface area contributed by atoms with Crippen molar-refractivity contribution >= 4 is 8.56 Å². The lowest BCUT2D eigenvalue weighted by Gasteiger charge is -2.24. The van der Waals surface area contributed by atoms with E-state index in [9.17, 15) is 0 Å². The van der Waals surface area contributed by atoms with Crippen LogP contribution in [0.2, 0.25) is 13.1 Å². The van der Waals surface area contributed by atoms with Gasteiger partial charge in [0.25, 0.3) is 0 Å². The second kappa shape index (κ2) is 4.62. The van der Waals surface area contributed by atoms with Gasteiger partial charge in [-0.1, -0.05) is 18.2 Å². The lowest BCUT2D eigenvalue weighted by molar-refractivity contribution is 0.263. The highest BCUT2D eigenvalue weighted by molar-refractivity contribution is 6.65. The Labute approximate surface area is 87.1 Å². The van der Waals surface area contributed by atoms with Gasteiger partial charge in [0.1, 0.15) is 5.75 Å². The molecule has 0 aliphatic rings. The van der Waals surface area contributed by atoms with Crippen molar-refractivity contribution in [1.82, 2.24) is 0 Å². The molecule has 0 saturated heterocycles. The largest absolute Gasteiger partial charge is 0.520 e. The molecule has 0 spiro atoms. The molecule has 78 valence electrons. The average molecular weight is 210 g/mol. The molecule has 0 atom stereocenters. The van der Waals surface area contributed by atoms with E-state index < -0.39 is 8.56 Å². The Hall–Kier alpha value is -0.803. The molecule has 1 aromatic carbocycles. The molecular weight excluding hydrogens is 192 g/mol. The SMILES string of the molecule is CCO[Si](C)(C)Oc1ccccc1C. The average Bonchev–Trinajstić information content (AvgIpc) is 2.08. The maximum absolute atomic E-state index is 5.89. The topological polar surface area (TPSA) is 18.5 Å². The molecule has 2 nitrogen and oxygen atoms in total. The molecule has 0 radical (unpaired) electrons. The zero-order valence-corrected chi connectivity index (χ0v) is 10.3. The van der Waals surface area contributed by atoms with E-state index in [0.717, 1.165) is 11.3 Å². The van der Waals surface area contributed by atoms with Crippen LogP contribution in [0.1, 0.15) is 12.5 Å². The highest BCUT2D eigenvalue weighted by Gasteiger charge is 2.26. The summed E-state index contributed by atoms with van der Waals surface area (Å²) in [6, 6.07) is 8.03. The van der Waals surface area contributed by atoms with E-state index in [0.29, 0.717) is 6.61 Å². The molecule has 0 aliphatic heterocycles. The summed E-state index contributed by atoms with van der Waals surface area (Å²) in [7, 11) is -1.98. The first-order valence-electron chi connectivity index (χ1n) is 4.94. The van der Waals surface area contributed by atoms with Gasteiger partial charge in [0.15, 0.2) is 0 Å². The lowest BCUT2D eigenvalue weighted by atomic mass is 10.2. The Morgan fingerprint density at radius 1 is 1.21 bits per heavy atom. The van der Waals surface area contributed by atoms with Crippen molar-refractivity contribution in [3.8, 4) is 5.75 Å². The Morgan fingerprint density at radius 2 is 1.86 bits per heavy atom. The van der Waals surface area contributed by atoms with Gasteiger partial charge in [-0.3, -0.25) is 0 Å². The second-order valence-electron chi connectivity index (χ2n) is 3.70. The molecule has 0 saturated carbocycles. The smallest absolute Gasteiger partial charge is 0.392 e. The number of hydrogen-bond donors (Lipinski definition) is 0. The van der Waals surface area contributed by atoms with E-state index in [1.54, 1.807) is 0 Å². The maximum Gasteiger partial charge on any atom is 0.392 e. The van der Waals surface area contributed by atoms with Crippen molar-refractivity contribution in [3.63, 3.8) is 0 Å². The summed E-state index contributed by atoms with van der Waals surface area (Å²) in [5.41, 5.74) is 1.16. The van der Waals surface area contributed by atoms with Gasteiger partial charge in [-0.15, -0.1) is 0 Å². The van der Waals surface area contributed by atoms with Gasteiger partial charge in [0.2, 0.25) is 0 Å². The standard InChI is InChI=1S/C11H18O2Si/c1-5-12-14(3,4)13-11-9-7-6-8-10(11)2/h6-9H,5H2,1-4H3. The second-order valence-corrected chi connectivity index (χ2v) is 6.99. The van der Waals surface area contributed by atoms with Crippen LogP contribution >= 0.6 is 0 Å². The molecular formula is C11H18O2Si. The van der Waals surface area contributed by atoms with Gasteiger partial charge in [0.05, 0.1) is 0 Å². The predicted octanol–water partition coefficient (Wildman–Crippen LogP) is 3.11. The zero-order valence-electron chi connectivity index (χ0n) is 9.33. The third-order valence-corrected chi connectivity index (χ3v) is 3.64. The number of hydrogen-bond acceptors (Lipinski definition) is 2. The minimum Gasteiger partial charge on any atom is -0.520 e. The zero-order chi connectivity index (χ0) is 10.6. The van der Waals surface area contributed by atoms with Crippen LogP contribution in [-0.4, -0.2) is 15.2 Å². The van der Waals surface area contributed by atoms with Gasteiger partial charge < -0.3 is 8.85 Å². The van der Waals surface area contributed by atoms with Crippen molar-refractivity contribution in [2.75, 3.05) is 6.61 Å². The van der Waals surface area contributed by atoms with Crippen molar-refractivity contribution < 1.29 is 8.85 Å². The summed E-state index contributed by atoms with van der Waals surface area (Å²) in [6.45, 7) is 8.87. The van der Waals surface area contributed by atoms with Crippen molar-refractivity contribution in [3.05, 3.63) is 29.8 Å². The maximum atomic E-state index is 5.89. The molecule has 3 heteroatoms. The summed E-state index contributed by atoms with van der Waals surface area (Å²) in [4.78, 5) is 0. The van der Waals surface area contributed by atoms with E-state index in [2.05, 4.69) is 13.1 Å². The first-order valence-corrected chi connectivity index (χ1v) is 7.75. The van der Waals surface area contributed by atoms with Gasteiger partial charge in [-0.05, 0) is 38.6 Å². The first kappa shape index (κ1) is 11.3. The Morgan fingerprint density at radius 3 is 2.43 bits per heavy atom. The third kappa shape index (κ3) is 3.16. The van der Waals surface area contributed by atoms with E-state index in [-0.39, 0.29) is 0 Å². The molecule has 14 heavy (non-hydrogen) atoms. The first-order chi connectivity index (χ1) is 6.55. The van der Waals surface area contributed by atoms with Crippen molar-refractivity contribution in [2.24, 2.45) is 0 Å². The fraction of sp³-hybridized carbons (Fsp3) is 0.455. The fourth-order valence-electron chi connectivity index (χ4n) is 1.31. The highest BCUT2D eigenvalue weighted by Crippen LogP contribution is 2.20. The quantitative estimate of drug-likeness (QED) is 0.711. The molecule has 1 aromatic rings. The van der Waals surface area contributed by atoms with Crippen molar-refractivity contribution in [1.29, 1.82) is 0 Å². The van der Waals surface area contributed by atoms with Crippen molar-refractivity contribution in [2.45, 2.75) is 26.9 Å². The van der Waals surface area contributed by atoms with E-state index in [1.807, 2.05) is 38.1 Å². The monoisotopic (exact) mass is 210 g/mol. The summed E-state index contributed by atoms with van der Waals surface area (Å²) in [6.07, 6.45) is 0. The number of rotatable bonds is 4. The summed E-state index contributed by atoms with van der Waals surface area (Å²) >= 11 is 0. The van der Waals surface area contributed by atoms with Gasteiger partial charge in [-0.25, -0.2) is 0 Å². The molecule has 1 rings (SSSR count). The Bertz CT molecular complexity index is 297. The summed E-state index contributed by atoms with van der Waals surface area (Å²) < 4.78 is 11.5. The van der Waals surface area contributed by atoms with Crippen LogP contribution in [0.25, 0.3) is 0 Å². The molecule has 0 heterocycles. The Balaban J connectivity index is 2.73. The van der Waals surface area contributed by atoms with Crippen LogP contribution in [0, 0.1) is 6.92 Å². The minimum absolute atomic E-state index is 0.713. The van der Waals surface area contributed by atoms with Crippen LogP contribution in [0.4, 0.5) is 0 Å². The minimum atomic E-state index is -1.98. The van der Waals surface area contributed by atoms with Crippen LogP contribution < -0.4 is 4.43 Å². The fourth-order valence-corrected chi connectivity index (χ4v) is 2.83. The molecule has 0 amide bonds. The molecule has 0 unspecified atom stereocenters. The van der Waals surface area contributed by atoms with E-state index >= 15 is 0 Å². The predicted molar refractivity (Wildman–Crippen MR) is 60.9 cm³/mol. The normalized spacial score (nSPS) is 11.4. The third-order valence-electron chi connectivity index (χ3n) is 1.94. The van der Waals surface area contributed by atoms with E-state index in [4.69, 9.17) is 8.85 Å². The lowest BCUT2D eigenvalue weighted by Crippen LogP contribution is -2.38. The van der Waals surface area contributed by atoms with Crippen LogP contribution in [-0.2, 0) is 4.43 Å². The number of benzene rings is 1. The van der Waals surface area contributed by atoms with Gasteiger partial charge >= 0.3 is 8.56 Å². The summed E-state index contributed by atoms with van der Waals surface area (Å²) in [5.74, 6) is 0.942. The van der Waals surface area contributed by atoms with Crippen LogP contribution in [0.15, 0.2) is 24.3 Å². The summed E-state index contributed by atoms with van der Waals surface area (Å²) in [5, 5.41) is 0. The number of aryl methyl sites for hydroxylation is 1. The van der Waals surface area contributed by atoms with Gasteiger partial charge in [0, 0.05) is 6.61 Å². The molecule has 0 bridgehead atoms. The number of para-hydroxylation sites is 1. The van der Waals surface area contributed by atoms with E-state index in [1.165, 1.54) is 0 Å². The molecule has 0 aromatic heterocycles. The van der Waals surface area contributed by atoms with Gasteiger partial charge in [-0.2, -0.15) is 0 Å². The molecule has 0 N–H and O–H groups in total. The molecule has 0 aliphatic carbocycles. The Kier molecular flexibility index (Phi) is 3.72. The molecule has 0 fully saturated rings. The van der Waals surface area contributed by atoms with Crippen LogP contribution in [0.3, 0.4) is 0 Å². The van der Waals surface area contributed by atoms with Crippen LogP contribution in [0.5, 0.6) is 5.75 Å².